The maximum Gasteiger partial charge on any atom is 0.234 e. The first-order chi connectivity index (χ1) is 16.7. The molecule has 3 aromatic rings. The van der Waals surface area contributed by atoms with Crippen molar-refractivity contribution in [3.63, 3.8) is 0 Å². The maximum absolute atomic E-state index is 11.9. The minimum atomic E-state index is -0.209. The van der Waals surface area contributed by atoms with Crippen LogP contribution in [-0.4, -0.2) is 49.2 Å². The molecule has 1 unspecified atom stereocenters. The molecule has 36 heavy (non-hydrogen) atoms. The Morgan fingerprint density at radius 3 is 2.75 bits per heavy atom. The van der Waals surface area contributed by atoms with Crippen LogP contribution < -0.4 is 5.73 Å². The van der Waals surface area contributed by atoms with Crippen molar-refractivity contribution in [2.45, 2.75) is 64.6 Å². The molecule has 192 valence electrons. The Kier molecular flexibility index (Phi) is 7.95. The van der Waals surface area contributed by atoms with Crippen LogP contribution in [0.5, 0.6) is 0 Å². The van der Waals surface area contributed by atoms with Crippen molar-refractivity contribution in [2.75, 3.05) is 6.54 Å². The second-order valence-electron chi connectivity index (χ2n) is 9.81. The van der Waals surface area contributed by atoms with Gasteiger partial charge in [-0.3, -0.25) is 9.69 Å². The number of hydrogen-bond acceptors (Lipinski definition) is 5. The molecule has 0 bridgehead atoms. The van der Waals surface area contributed by atoms with Gasteiger partial charge in [-0.15, -0.1) is 12.4 Å². The summed E-state index contributed by atoms with van der Waals surface area (Å²) in [6, 6.07) is 5.55. The second-order valence-corrected chi connectivity index (χ2v) is 10.7. The molecule has 1 amide bonds. The van der Waals surface area contributed by atoms with Gasteiger partial charge in [-0.25, -0.2) is 14.6 Å². The standard InChI is InChI=1S/C26H30Cl2N6O.ClH/c1-14-11-17(6-9-22(14)33-10-4-5-23(33)25(29)35)21-13-30-24-15(2)32-34(26(24)31-21)16(3)19-8-7-18(27)12-20(19)28;/h6-8,12-14,16,22-23H,4-5,9-11H2,1-3H3,(H2,29,35);1H/t14-,16-,22+,23?;/m1./s1. The summed E-state index contributed by atoms with van der Waals surface area (Å²) in [4.78, 5) is 24.0. The van der Waals surface area contributed by atoms with Crippen LogP contribution >= 0.6 is 35.6 Å². The number of carbonyl (C=O) groups is 1. The predicted molar refractivity (Wildman–Crippen MR) is 147 cm³/mol. The van der Waals surface area contributed by atoms with E-state index in [1.165, 1.54) is 5.57 Å². The highest BCUT2D eigenvalue weighted by Gasteiger charge is 2.37. The lowest BCUT2D eigenvalue weighted by molar-refractivity contribution is -0.123. The summed E-state index contributed by atoms with van der Waals surface area (Å²) >= 11 is 12.6. The summed E-state index contributed by atoms with van der Waals surface area (Å²) in [5.41, 5.74) is 11.0. The minimum Gasteiger partial charge on any atom is -0.368 e. The van der Waals surface area contributed by atoms with E-state index in [-0.39, 0.29) is 30.4 Å². The van der Waals surface area contributed by atoms with Gasteiger partial charge in [0.2, 0.25) is 5.91 Å². The average molecular weight is 550 g/mol. The predicted octanol–water partition coefficient (Wildman–Crippen LogP) is 5.60. The monoisotopic (exact) mass is 548 g/mol. The SMILES string of the molecule is Cc1nn([C@H](C)c2ccc(Cl)cc2Cl)c2nc(C3=CC[C@H](N4CCCC4C(N)=O)[C@H](C)C3)cnc12.Cl. The first-order valence-electron chi connectivity index (χ1n) is 12.2. The molecular formula is C26H31Cl3N6O. The molecular weight excluding hydrogens is 519 g/mol. The number of primary amides is 1. The van der Waals surface area contributed by atoms with Crippen LogP contribution in [0, 0.1) is 12.8 Å². The second kappa shape index (κ2) is 10.7. The Bertz CT molecular complexity index is 1320. The number of nitrogens with two attached hydrogens (primary N) is 1. The van der Waals surface area contributed by atoms with Crippen molar-refractivity contribution < 1.29 is 4.79 Å². The molecule has 0 saturated carbocycles. The fraction of sp³-hybridized carbons (Fsp3) is 0.462. The number of halogens is 3. The molecule has 1 fully saturated rings. The Morgan fingerprint density at radius 1 is 1.28 bits per heavy atom. The number of likely N-dealkylation sites (tertiary alicyclic amines) is 1. The molecule has 2 aromatic heterocycles. The zero-order valence-corrected chi connectivity index (χ0v) is 22.9. The first kappa shape index (κ1) is 26.9. The van der Waals surface area contributed by atoms with E-state index < -0.39 is 0 Å². The van der Waals surface area contributed by atoms with Gasteiger partial charge in [0.15, 0.2) is 5.65 Å². The lowest BCUT2D eigenvalue weighted by atomic mass is 9.83. The smallest absolute Gasteiger partial charge is 0.234 e. The molecule has 7 nitrogen and oxygen atoms in total. The van der Waals surface area contributed by atoms with Gasteiger partial charge >= 0.3 is 0 Å². The van der Waals surface area contributed by atoms with Gasteiger partial charge in [-0.1, -0.05) is 42.3 Å². The number of allylic oxidation sites excluding steroid dienone is 1. The van der Waals surface area contributed by atoms with Crippen LogP contribution in [0.4, 0.5) is 0 Å². The summed E-state index contributed by atoms with van der Waals surface area (Å²) in [7, 11) is 0. The molecule has 5 rings (SSSR count). The molecule has 0 radical (unpaired) electrons. The minimum absolute atomic E-state index is 0. The third-order valence-corrected chi connectivity index (χ3v) is 8.10. The largest absolute Gasteiger partial charge is 0.368 e. The first-order valence-corrected chi connectivity index (χ1v) is 12.9. The lowest BCUT2D eigenvalue weighted by Gasteiger charge is -2.38. The van der Waals surface area contributed by atoms with E-state index in [1.54, 1.807) is 6.07 Å². The summed E-state index contributed by atoms with van der Waals surface area (Å²) in [6.45, 7) is 7.17. The van der Waals surface area contributed by atoms with E-state index >= 15 is 0 Å². The Balaban J connectivity index is 0.00000304. The van der Waals surface area contributed by atoms with Crippen LogP contribution in [0.3, 0.4) is 0 Å². The number of aryl methyl sites for hydroxylation is 1. The summed E-state index contributed by atoms with van der Waals surface area (Å²) in [5, 5.41) is 5.95. The molecule has 10 heteroatoms. The highest BCUT2D eigenvalue weighted by Crippen LogP contribution is 2.37. The number of hydrogen-bond donors (Lipinski definition) is 1. The molecule has 2 N–H and O–H groups in total. The van der Waals surface area contributed by atoms with Crippen molar-refractivity contribution in [3.8, 4) is 0 Å². The Labute approximate surface area is 227 Å². The van der Waals surface area contributed by atoms with E-state index in [9.17, 15) is 4.79 Å². The third kappa shape index (κ3) is 4.86. The number of aromatic nitrogens is 4. The van der Waals surface area contributed by atoms with Crippen LogP contribution in [0.25, 0.3) is 16.7 Å². The Hall–Kier alpha value is -2.19. The van der Waals surface area contributed by atoms with Gasteiger partial charge in [0.1, 0.15) is 5.52 Å². The molecule has 1 aliphatic heterocycles. The van der Waals surface area contributed by atoms with E-state index in [4.69, 9.17) is 44.0 Å². The van der Waals surface area contributed by atoms with Crippen LogP contribution in [0.2, 0.25) is 10.0 Å². The highest BCUT2D eigenvalue weighted by atomic mass is 35.5. The van der Waals surface area contributed by atoms with Crippen molar-refractivity contribution >= 4 is 58.3 Å². The van der Waals surface area contributed by atoms with Crippen LogP contribution in [-0.2, 0) is 4.79 Å². The van der Waals surface area contributed by atoms with E-state index in [0.717, 1.165) is 60.3 Å². The zero-order chi connectivity index (χ0) is 24.9. The van der Waals surface area contributed by atoms with Gasteiger partial charge < -0.3 is 5.73 Å². The number of amides is 1. The maximum atomic E-state index is 11.9. The average Bonchev–Trinajstić information content (AvgIpc) is 3.43. The molecule has 3 heterocycles. The fourth-order valence-corrected chi connectivity index (χ4v) is 6.24. The normalized spacial score (nSPS) is 23.4. The Morgan fingerprint density at radius 2 is 2.06 bits per heavy atom. The van der Waals surface area contributed by atoms with E-state index in [2.05, 4.69) is 17.9 Å². The lowest BCUT2D eigenvalue weighted by Crippen LogP contribution is -2.48. The summed E-state index contributed by atoms with van der Waals surface area (Å²) in [5.74, 6) is 0.172. The quantitative estimate of drug-likeness (QED) is 0.447. The molecule has 1 aliphatic carbocycles. The third-order valence-electron chi connectivity index (χ3n) is 7.53. The number of nitrogens with zero attached hydrogens (tertiary/aromatic N) is 5. The number of fused-ring (bicyclic) bond motifs is 1. The molecule has 1 aromatic carbocycles. The van der Waals surface area contributed by atoms with Gasteiger partial charge in [-0.2, -0.15) is 5.10 Å². The van der Waals surface area contributed by atoms with Crippen molar-refractivity contribution in [1.29, 1.82) is 0 Å². The molecule has 4 atom stereocenters. The summed E-state index contributed by atoms with van der Waals surface area (Å²) < 4.78 is 1.90. The van der Waals surface area contributed by atoms with Crippen LogP contribution in [0.15, 0.2) is 30.5 Å². The van der Waals surface area contributed by atoms with Crippen LogP contribution in [0.1, 0.15) is 62.5 Å². The highest BCUT2D eigenvalue weighted by molar-refractivity contribution is 6.35. The van der Waals surface area contributed by atoms with Gasteiger partial charge in [-0.05, 0) is 75.3 Å². The zero-order valence-electron chi connectivity index (χ0n) is 20.6. The van der Waals surface area contributed by atoms with Gasteiger partial charge in [0, 0.05) is 16.1 Å². The van der Waals surface area contributed by atoms with Crippen molar-refractivity contribution in [1.82, 2.24) is 24.6 Å². The molecule has 1 saturated heterocycles. The summed E-state index contributed by atoms with van der Waals surface area (Å²) in [6.07, 6.45) is 7.73. The van der Waals surface area contributed by atoms with E-state index in [1.807, 2.05) is 36.9 Å². The fourth-order valence-electron chi connectivity index (χ4n) is 5.67. The van der Waals surface area contributed by atoms with E-state index in [0.29, 0.717) is 22.0 Å². The van der Waals surface area contributed by atoms with Gasteiger partial charge in [0.05, 0.1) is 29.7 Å². The topological polar surface area (TPSA) is 89.9 Å². The molecule has 0 spiro atoms. The van der Waals surface area contributed by atoms with Crippen molar-refractivity contribution in [3.05, 3.63) is 57.5 Å². The van der Waals surface area contributed by atoms with Gasteiger partial charge in [0.25, 0.3) is 0 Å². The van der Waals surface area contributed by atoms with Crippen molar-refractivity contribution in [2.24, 2.45) is 11.7 Å². The number of benzene rings is 1. The molecule has 2 aliphatic rings. The number of rotatable bonds is 5. The number of carbonyl (C=O) groups excluding carboxylic acids is 1.